The van der Waals surface area contributed by atoms with Gasteiger partial charge in [0.2, 0.25) is 11.8 Å². The fourth-order valence-electron chi connectivity index (χ4n) is 3.54. The Kier molecular flexibility index (Phi) is 9.31. The summed E-state index contributed by atoms with van der Waals surface area (Å²) < 4.78 is 0. The van der Waals surface area contributed by atoms with E-state index in [1.54, 1.807) is 39.3 Å². The largest absolute Gasteiger partial charge is 0.332 e. The Morgan fingerprint density at radius 1 is 0.971 bits per heavy atom. The quantitative estimate of drug-likeness (QED) is 0.205. The molecule has 2 aromatic carbocycles. The number of carbonyl (C=O) groups is 2. The van der Waals surface area contributed by atoms with Gasteiger partial charge in [0.25, 0.3) is 5.69 Å². The first-order valence-electron chi connectivity index (χ1n) is 11.4. The molecule has 7 nitrogen and oxygen atoms in total. The predicted octanol–water partition coefficient (Wildman–Crippen LogP) is 5.38. The van der Waals surface area contributed by atoms with E-state index in [0.29, 0.717) is 25.2 Å². The Morgan fingerprint density at radius 2 is 1.69 bits per heavy atom. The molecule has 2 amide bonds. The van der Waals surface area contributed by atoms with E-state index in [1.807, 2.05) is 61.7 Å². The van der Waals surface area contributed by atoms with Crippen molar-refractivity contribution < 1.29 is 14.5 Å². The Bertz CT molecular complexity index is 1140. The van der Waals surface area contributed by atoms with Gasteiger partial charge in [-0.25, -0.2) is 0 Å². The maximum absolute atomic E-state index is 13.4. The van der Waals surface area contributed by atoms with Crippen molar-refractivity contribution in [2.24, 2.45) is 5.92 Å². The molecule has 0 unspecified atom stereocenters. The Labute approximate surface area is 209 Å². The topological polar surface area (TPSA) is 83.8 Å². The van der Waals surface area contributed by atoms with Crippen LogP contribution in [0, 0.1) is 16.0 Å². The summed E-state index contributed by atoms with van der Waals surface area (Å²) in [5, 5.41) is 12.8. The van der Waals surface area contributed by atoms with Crippen LogP contribution in [0.15, 0.2) is 78.2 Å². The van der Waals surface area contributed by atoms with Crippen molar-refractivity contribution in [2.45, 2.75) is 26.9 Å². The average molecular weight is 492 g/mol. The van der Waals surface area contributed by atoms with E-state index < -0.39 is 4.92 Å². The van der Waals surface area contributed by atoms with Crippen molar-refractivity contribution in [1.82, 2.24) is 9.80 Å². The lowest BCUT2D eigenvalue weighted by Gasteiger charge is -2.28. The molecule has 3 aromatic rings. The van der Waals surface area contributed by atoms with Gasteiger partial charge >= 0.3 is 0 Å². The van der Waals surface area contributed by atoms with Crippen molar-refractivity contribution in [3.8, 4) is 0 Å². The molecule has 0 saturated heterocycles. The van der Waals surface area contributed by atoms with Crippen LogP contribution in [0.3, 0.4) is 0 Å². The van der Waals surface area contributed by atoms with Crippen molar-refractivity contribution in [3.63, 3.8) is 0 Å². The van der Waals surface area contributed by atoms with E-state index in [-0.39, 0.29) is 30.0 Å². The highest BCUT2D eigenvalue weighted by Crippen LogP contribution is 2.16. The zero-order valence-corrected chi connectivity index (χ0v) is 20.7. The van der Waals surface area contributed by atoms with E-state index in [4.69, 9.17) is 0 Å². The summed E-state index contributed by atoms with van der Waals surface area (Å²) in [6.07, 6.45) is 3.02. The minimum absolute atomic E-state index is 0.00949. The highest BCUT2D eigenvalue weighted by molar-refractivity contribution is 7.09. The number of hydrogen-bond donors (Lipinski definition) is 0. The lowest BCUT2D eigenvalue weighted by atomic mass is 10.1. The average Bonchev–Trinajstić information content (AvgIpc) is 3.35. The monoisotopic (exact) mass is 491 g/mol. The second kappa shape index (κ2) is 12.6. The summed E-state index contributed by atoms with van der Waals surface area (Å²) in [5.74, 6) is -0.222. The smallest absolute Gasteiger partial charge is 0.269 e. The van der Waals surface area contributed by atoms with Crippen LogP contribution >= 0.6 is 11.3 Å². The fourth-order valence-corrected chi connectivity index (χ4v) is 4.26. The zero-order valence-electron chi connectivity index (χ0n) is 19.9. The van der Waals surface area contributed by atoms with Crippen LogP contribution in [0.2, 0.25) is 0 Å². The first-order valence-corrected chi connectivity index (χ1v) is 12.3. The van der Waals surface area contributed by atoms with Gasteiger partial charge < -0.3 is 9.80 Å². The van der Waals surface area contributed by atoms with Gasteiger partial charge in [-0.3, -0.25) is 19.7 Å². The Balaban J connectivity index is 1.74. The number of thiophene rings is 1. The highest BCUT2D eigenvalue weighted by Gasteiger charge is 2.22. The number of non-ortho nitro benzene ring substituents is 1. The summed E-state index contributed by atoms with van der Waals surface area (Å²) in [6, 6.07) is 19.7. The van der Waals surface area contributed by atoms with E-state index in [2.05, 4.69) is 0 Å². The molecule has 0 saturated carbocycles. The zero-order chi connectivity index (χ0) is 25.2. The Morgan fingerprint density at radius 3 is 2.29 bits per heavy atom. The standard InChI is InChI=1S/C27H29N3O4S/c1-21(2)17-28(26(31)15-12-22-10-13-24(14-11-22)30(33)34)20-27(32)29(19-25-9-6-16-35-25)18-23-7-4-3-5-8-23/h3-16,21H,17-20H2,1-2H3. The van der Waals surface area contributed by atoms with Gasteiger partial charge in [0.05, 0.1) is 11.5 Å². The summed E-state index contributed by atoms with van der Waals surface area (Å²) >= 11 is 1.60. The molecular weight excluding hydrogens is 462 g/mol. The lowest BCUT2D eigenvalue weighted by Crippen LogP contribution is -2.43. The lowest BCUT2D eigenvalue weighted by molar-refractivity contribution is -0.384. The van der Waals surface area contributed by atoms with Crippen LogP contribution in [0.1, 0.15) is 29.9 Å². The van der Waals surface area contributed by atoms with Crippen molar-refractivity contribution in [3.05, 3.63) is 104 Å². The maximum atomic E-state index is 13.4. The number of carbonyl (C=O) groups excluding carboxylic acids is 2. The molecule has 35 heavy (non-hydrogen) atoms. The van der Waals surface area contributed by atoms with Crippen molar-refractivity contribution in [1.29, 1.82) is 0 Å². The van der Waals surface area contributed by atoms with E-state index in [9.17, 15) is 19.7 Å². The molecule has 182 valence electrons. The molecule has 0 N–H and O–H groups in total. The third-order valence-electron chi connectivity index (χ3n) is 5.24. The molecule has 1 aromatic heterocycles. The molecule has 0 bridgehead atoms. The minimum atomic E-state index is -0.466. The molecule has 0 aliphatic heterocycles. The second-order valence-corrected chi connectivity index (χ2v) is 9.64. The van der Waals surface area contributed by atoms with Gasteiger partial charge in [-0.05, 0) is 46.7 Å². The van der Waals surface area contributed by atoms with E-state index in [1.165, 1.54) is 18.2 Å². The summed E-state index contributed by atoms with van der Waals surface area (Å²) in [4.78, 5) is 41.2. The van der Waals surface area contributed by atoms with Crippen LogP contribution in [0.25, 0.3) is 6.08 Å². The molecule has 0 aliphatic rings. The molecule has 0 spiro atoms. The van der Waals surface area contributed by atoms with Crippen LogP contribution in [-0.2, 0) is 22.7 Å². The number of rotatable bonds is 11. The minimum Gasteiger partial charge on any atom is -0.332 e. The summed E-state index contributed by atoms with van der Waals surface area (Å²) in [5.41, 5.74) is 1.69. The molecule has 0 aliphatic carbocycles. The van der Waals surface area contributed by atoms with Gasteiger partial charge in [-0.2, -0.15) is 0 Å². The number of hydrogen-bond acceptors (Lipinski definition) is 5. The first kappa shape index (κ1) is 25.8. The third-order valence-corrected chi connectivity index (χ3v) is 6.10. The number of benzene rings is 2. The number of nitrogens with zero attached hydrogens (tertiary/aromatic N) is 3. The second-order valence-electron chi connectivity index (χ2n) is 8.61. The summed E-state index contributed by atoms with van der Waals surface area (Å²) in [7, 11) is 0. The van der Waals surface area contributed by atoms with Gasteiger partial charge in [0, 0.05) is 36.2 Å². The normalized spacial score (nSPS) is 11.1. The van der Waals surface area contributed by atoms with Crippen LogP contribution < -0.4 is 0 Å². The molecule has 1 heterocycles. The molecular formula is C27H29N3O4S. The highest BCUT2D eigenvalue weighted by atomic mass is 32.1. The first-order chi connectivity index (χ1) is 16.8. The Hall–Kier alpha value is -3.78. The van der Waals surface area contributed by atoms with Crippen molar-refractivity contribution >= 4 is 34.9 Å². The van der Waals surface area contributed by atoms with Crippen LogP contribution in [0.5, 0.6) is 0 Å². The third kappa shape index (κ3) is 8.19. The van der Waals surface area contributed by atoms with E-state index in [0.717, 1.165) is 10.4 Å². The SMILES string of the molecule is CC(C)CN(CC(=O)N(Cc1ccccc1)Cc1cccs1)C(=O)C=Cc1ccc([N+](=O)[O-])cc1. The molecule has 3 rings (SSSR count). The molecule has 0 atom stereocenters. The fraction of sp³-hybridized carbons (Fsp3) is 0.259. The van der Waals surface area contributed by atoms with E-state index >= 15 is 0 Å². The summed E-state index contributed by atoms with van der Waals surface area (Å²) in [6.45, 7) is 5.34. The predicted molar refractivity (Wildman–Crippen MR) is 139 cm³/mol. The van der Waals surface area contributed by atoms with Gasteiger partial charge in [0.1, 0.15) is 6.54 Å². The molecule has 8 heteroatoms. The maximum Gasteiger partial charge on any atom is 0.269 e. The number of nitro benzene ring substituents is 1. The number of amides is 2. The van der Waals surface area contributed by atoms with Gasteiger partial charge in [-0.15, -0.1) is 11.3 Å². The van der Waals surface area contributed by atoms with Gasteiger partial charge in [-0.1, -0.05) is 50.2 Å². The van der Waals surface area contributed by atoms with Crippen LogP contribution in [-0.4, -0.2) is 39.6 Å². The van der Waals surface area contributed by atoms with Crippen molar-refractivity contribution in [2.75, 3.05) is 13.1 Å². The van der Waals surface area contributed by atoms with Crippen LogP contribution in [0.4, 0.5) is 5.69 Å². The van der Waals surface area contributed by atoms with Gasteiger partial charge in [0.15, 0.2) is 0 Å². The molecule has 0 radical (unpaired) electrons. The molecule has 0 fully saturated rings. The number of nitro groups is 1.